The fourth-order valence-corrected chi connectivity index (χ4v) is 4.95. The molecule has 4 nitrogen and oxygen atoms in total. The molecule has 3 N–H and O–H groups in total. The summed E-state index contributed by atoms with van der Waals surface area (Å²) in [6.07, 6.45) is -6.38. The number of hydrogen-bond acceptors (Lipinski definition) is 3. The van der Waals surface area contributed by atoms with E-state index in [0.717, 1.165) is 22.3 Å². The summed E-state index contributed by atoms with van der Waals surface area (Å²) >= 11 is 5.99. The van der Waals surface area contributed by atoms with Crippen molar-refractivity contribution in [1.82, 2.24) is 5.32 Å². The van der Waals surface area contributed by atoms with Crippen LogP contribution in [-0.2, 0) is 4.79 Å². The second-order valence-electron chi connectivity index (χ2n) is 8.73. The third-order valence-corrected chi connectivity index (χ3v) is 7.06. The quantitative estimate of drug-likeness (QED) is 0.538. The predicted octanol–water partition coefficient (Wildman–Crippen LogP) is 5.63. The molecule has 1 aliphatic carbocycles. The third kappa shape index (κ3) is 3.48. The highest BCUT2D eigenvalue weighted by Gasteiger charge is 2.60. The van der Waals surface area contributed by atoms with Crippen molar-refractivity contribution in [3.8, 4) is 11.1 Å². The van der Waals surface area contributed by atoms with Crippen LogP contribution in [-0.4, -0.2) is 33.4 Å². The number of aliphatic hydroxyl groups is 2. The molecule has 0 aromatic heterocycles. The lowest BCUT2D eigenvalue weighted by molar-refractivity contribution is -0.272. The summed E-state index contributed by atoms with van der Waals surface area (Å²) in [6, 6.07) is 11.0. The number of carbonyl (C=O) groups excluding carboxylic acids is 1. The van der Waals surface area contributed by atoms with E-state index in [4.69, 9.17) is 11.6 Å². The summed E-state index contributed by atoms with van der Waals surface area (Å²) in [5.74, 6) is -0.786. The average molecular weight is 466 g/mol. The number of alkyl halides is 3. The second-order valence-corrected chi connectivity index (χ2v) is 9.16. The Hall–Kier alpha value is -2.51. The molecule has 4 rings (SSSR count). The number of rotatable bonds is 2. The zero-order chi connectivity index (χ0) is 23.5. The van der Waals surface area contributed by atoms with Crippen LogP contribution < -0.4 is 5.32 Å². The zero-order valence-electron chi connectivity index (χ0n) is 17.6. The van der Waals surface area contributed by atoms with Crippen molar-refractivity contribution in [1.29, 1.82) is 0 Å². The van der Waals surface area contributed by atoms with Crippen LogP contribution >= 0.6 is 11.6 Å². The fourth-order valence-electron chi connectivity index (χ4n) is 4.83. The fraction of sp³-hybridized carbons (Fsp3) is 0.375. The minimum Gasteiger partial charge on any atom is -0.509 e. The van der Waals surface area contributed by atoms with Gasteiger partial charge in [0, 0.05) is 5.02 Å². The second kappa shape index (κ2) is 7.52. The maximum absolute atomic E-state index is 13.2. The minimum atomic E-state index is -4.76. The number of hydrogen-bond donors (Lipinski definition) is 3. The molecule has 170 valence electrons. The molecule has 1 spiro atoms. The molecule has 32 heavy (non-hydrogen) atoms. The molecule has 0 saturated heterocycles. The molecule has 0 atom stereocenters. The zero-order valence-corrected chi connectivity index (χ0v) is 18.4. The molecular weight excluding hydrogens is 443 g/mol. The van der Waals surface area contributed by atoms with Crippen molar-refractivity contribution < 1.29 is 28.2 Å². The first kappa shape index (κ1) is 22.7. The van der Waals surface area contributed by atoms with Crippen LogP contribution in [0.3, 0.4) is 0 Å². The smallest absolute Gasteiger partial charge is 0.417 e. The number of benzene rings is 2. The summed E-state index contributed by atoms with van der Waals surface area (Å²) in [6.45, 7) is 3.66. The molecule has 1 saturated carbocycles. The lowest BCUT2D eigenvalue weighted by atomic mass is 9.73. The summed E-state index contributed by atoms with van der Waals surface area (Å²) in [5.41, 5.74) is -0.221. The lowest BCUT2D eigenvalue weighted by Crippen LogP contribution is -2.56. The Morgan fingerprint density at radius 3 is 2.16 bits per heavy atom. The maximum Gasteiger partial charge on any atom is 0.417 e. The van der Waals surface area contributed by atoms with Gasteiger partial charge in [-0.15, -0.1) is 0 Å². The van der Waals surface area contributed by atoms with Gasteiger partial charge >= 0.3 is 6.18 Å². The molecule has 8 heteroatoms. The predicted molar refractivity (Wildman–Crippen MR) is 116 cm³/mol. The molecule has 1 fully saturated rings. The normalized spacial score (nSPS) is 26.0. The highest BCUT2D eigenvalue weighted by Crippen LogP contribution is 2.49. The molecular formula is C24H23ClF3NO3. The number of aliphatic hydroxyl groups excluding tert-OH is 1. The molecule has 0 radical (unpaired) electrons. The molecule has 1 amide bonds. The minimum absolute atomic E-state index is 0.0771. The van der Waals surface area contributed by atoms with Crippen LogP contribution in [0.1, 0.15) is 42.4 Å². The largest absolute Gasteiger partial charge is 0.509 e. The van der Waals surface area contributed by atoms with E-state index in [1.54, 1.807) is 12.1 Å². The highest BCUT2D eigenvalue weighted by molar-refractivity contribution is 6.30. The van der Waals surface area contributed by atoms with Crippen molar-refractivity contribution >= 4 is 23.1 Å². The van der Waals surface area contributed by atoms with Crippen LogP contribution in [0.2, 0.25) is 5.02 Å². The Morgan fingerprint density at radius 2 is 1.59 bits per heavy atom. The monoisotopic (exact) mass is 465 g/mol. The summed E-state index contributed by atoms with van der Waals surface area (Å²) < 4.78 is 39.7. The Labute approximate surface area is 188 Å². The first-order chi connectivity index (χ1) is 14.9. The SMILES string of the molecule is Cc1ccc(-c2ccc(Cl)cc2)c(C)c1C1=C(O)[C@]2(CC[C@](O)(C(F)(F)F)CC2)NC1=O. The molecule has 1 heterocycles. The van der Waals surface area contributed by atoms with Crippen molar-refractivity contribution in [2.75, 3.05) is 0 Å². The lowest BCUT2D eigenvalue weighted by Gasteiger charge is -2.42. The molecule has 2 aromatic rings. The van der Waals surface area contributed by atoms with Crippen molar-refractivity contribution in [3.05, 3.63) is 63.9 Å². The molecule has 0 bridgehead atoms. The third-order valence-electron chi connectivity index (χ3n) is 6.81. The standard InChI is InChI=1S/C24H23ClF3NO3/c1-13-3-8-17(15-4-6-16(25)7-5-15)14(2)18(13)19-20(30)22(29-21(19)31)9-11-23(32,12-10-22)24(26,27)28/h3-8,30,32H,9-12H2,1-2H3,(H,29,31)/t22-,23-. The van der Waals surface area contributed by atoms with E-state index in [0.29, 0.717) is 10.6 Å². The van der Waals surface area contributed by atoms with Gasteiger partial charge in [-0.25, -0.2) is 0 Å². The van der Waals surface area contributed by atoms with Gasteiger partial charge in [0.1, 0.15) is 5.76 Å². The van der Waals surface area contributed by atoms with E-state index >= 15 is 0 Å². The topological polar surface area (TPSA) is 69.6 Å². The Bertz CT molecular complexity index is 1110. The summed E-state index contributed by atoms with van der Waals surface area (Å²) in [4.78, 5) is 13.0. The van der Waals surface area contributed by atoms with E-state index in [1.807, 2.05) is 38.1 Å². The number of amides is 1. The first-order valence-electron chi connectivity index (χ1n) is 10.3. The van der Waals surface area contributed by atoms with Crippen LogP contribution in [0.25, 0.3) is 16.7 Å². The number of halogens is 4. The van der Waals surface area contributed by atoms with E-state index in [-0.39, 0.29) is 24.2 Å². The number of carbonyl (C=O) groups is 1. The Kier molecular flexibility index (Phi) is 5.33. The van der Waals surface area contributed by atoms with E-state index in [1.165, 1.54) is 0 Å². The van der Waals surface area contributed by atoms with Crippen LogP contribution in [0.4, 0.5) is 13.2 Å². The Balaban J connectivity index is 1.77. The molecule has 2 aromatic carbocycles. The van der Waals surface area contributed by atoms with E-state index in [9.17, 15) is 28.2 Å². The van der Waals surface area contributed by atoms with Gasteiger partial charge < -0.3 is 15.5 Å². The van der Waals surface area contributed by atoms with E-state index < -0.39 is 36.1 Å². The van der Waals surface area contributed by atoms with Gasteiger partial charge in [0.05, 0.1) is 11.1 Å². The average Bonchev–Trinajstić information content (AvgIpc) is 2.95. The highest BCUT2D eigenvalue weighted by atomic mass is 35.5. The first-order valence-corrected chi connectivity index (χ1v) is 10.7. The van der Waals surface area contributed by atoms with Crippen LogP contribution in [0.5, 0.6) is 0 Å². The molecule has 0 unspecified atom stereocenters. The van der Waals surface area contributed by atoms with Gasteiger partial charge in [-0.2, -0.15) is 13.2 Å². The molecule has 1 aliphatic heterocycles. The van der Waals surface area contributed by atoms with Gasteiger partial charge in [-0.1, -0.05) is 35.9 Å². The van der Waals surface area contributed by atoms with Crippen LogP contribution in [0, 0.1) is 13.8 Å². The Morgan fingerprint density at radius 1 is 1.00 bits per heavy atom. The van der Waals surface area contributed by atoms with Gasteiger partial charge in [-0.05, 0) is 79.5 Å². The number of aryl methyl sites for hydroxylation is 1. The summed E-state index contributed by atoms with van der Waals surface area (Å²) in [7, 11) is 0. The van der Waals surface area contributed by atoms with Gasteiger partial charge in [0.2, 0.25) is 0 Å². The van der Waals surface area contributed by atoms with Crippen molar-refractivity contribution in [2.24, 2.45) is 0 Å². The summed E-state index contributed by atoms with van der Waals surface area (Å²) in [5, 5.41) is 24.4. The van der Waals surface area contributed by atoms with Crippen LogP contribution in [0.15, 0.2) is 42.2 Å². The maximum atomic E-state index is 13.2. The van der Waals surface area contributed by atoms with Gasteiger partial charge in [0.15, 0.2) is 5.60 Å². The van der Waals surface area contributed by atoms with E-state index in [2.05, 4.69) is 5.32 Å². The van der Waals surface area contributed by atoms with Crippen molar-refractivity contribution in [2.45, 2.75) is 56.8 Å². The number of nitrogens with one attached hydrogen (secondary N) is 1. The van der Waals surface area contributed by atoms with Crippen molar-refractivity contribution in [3.63, 3.8) is 0 Å². The molecule has 2 aliphatic rings. The van der Waals surface area contributed by atoms with Gasteiger partial charge in [0.25, 0.3) is 5.91 Å². The van der Waals surface area contributed by atoms with Gasteiger partial charge in [-0.3, -0.25) is 4.79 Å².